The van der Waals surface area contributed by atoms with Crippen LogP contribution in [0.1, 0.15) is 12.0 Å². The van der Waals surface area contributed by atoms with Gasteiger partial charge in [-0.3, -0.25) is 4.98 Å². The minimum absolute atomic E-state index is 0.127. The molecule has 0 N–H and O–H groups in total. The molecule has 1 aromatic heterocycles. The highest BCUT2D eigenvalue weighted by Gasteiger charge is 2.31. The largest absolute Gasteiger partial charge is 0.489 e. The van der Waals surface area contributed by atoms with Crippen molar-refractivity contribution in [3.63, 3.8) is 0 Å². The molecule has 1 saturated heterocycles. The molecule has 1 aliphatic rings. The van der Waals surface area contributed by atoms with Gasteiger partial charge >= 0.3 is 0 Å². The average molecular weight is 330 g/mol. The first-order valence-corrected chi connectivity index (χ1v) is 8.94. The van der Waals surface area contributed by atoms with Crippen LogP contribution in [0, 0.1) is 0 Å². The molecule has 2 aromatic rings. The fraction of sp³-hybridized carbons (Fsp3) is 0.235. The highest BCUT2D eigenvalue weighted by molar-refractivity contribution is 7.92. The molecule has 1 fully saturated rings. The fourth-order valence-electron chi connectivity index (χ4n) is 2.45. The molecule has 120 valence electrons. The molecule has 0 amide bonds. The van der Waals surface area contributed by atoms with Gasteiger partial charge < -0.3 is 4.74 Å². The molecule has 0 bridgehead atoms. The summed E-state index contributed by atoms with van der Waals surface area (Å²) in [5, 5.41) is 1.26. The van der Waals surface area contributed by atoms with E-state index in [0.717, 1.165) is 5.56 Å². The van der Waals surface area contributed by atoms with Crippen LogP contribution in [-0.2, 0) is 10.0 Å². The zero-order valence-corrected chi connectivity index (χ0v) is 13.4. The first-order valence-electron chi connectivity index (χ1n) is 7.43. The number of hydrogen-bond acceptors (Lipinski definition) is 4. The van der Waals surface area contributed by atoms with Crippen LogP contribution >= 0.6 is 0 Å². The highest BCUT2D eigenvalue weighted by atomic mass is 32.2. The number of ether oxygens (including phenoxy) is 1. The van der Waals surface area contributed by atoms with Gasteiger partial charge in [0, 0.05) is 24.3 Å². The Morgan fingerprint density at radius 3 is 2.61 bits per heavy atom. The van der Waals surface area contributed by atoms with E-state index in [1.54, 1.807) is 30.6 Å². The third-order valence-electron chi connectivity index (χ3n) is 3.65. The summed E-state index contributed by atoms with van der Waals surface area (Å²) in [6.45, 7) is 0.834. The summed E-state index contributed by atoms with van der Waals surface area (Å²) in [5.74, 6) is 0.712. The van der Waals surface area contributed by atoms with E-state index in [0.29, 0.717) is 25.3 Å². The Morgan fingerprint density at radius 1 is 1.13 bits per heavy atom. The molecule has 0 unspecified atom stereocenters. The molecule has 6 heteroatoms. The summed E-state index contributed by atoms with van der Waals surface area (Å²) in [6, 6.07) is 12.9. The topological polar surface area (TPSA) is 59.5 Å². The van der Waals surface area contributed by atoms with Gasteiger partial charge in [-0.05, 0) is 30.2 Å². The molecule has 1 aromatic carbocycles. The van der Waals surface area contributed by atoms with Gasteiger partial charge in [0.15, 0.2) is 0 Å². The van der Waals surface area contributed by atoms with Gasteiger partial charge in [0.25, 0.3) is 0 Å². The van der Waals surface area contributed by atoms with Crippen molar-refractivity contribution in [2.45, 2.75) is 12.5 Å². The van der Waals surface area contributed by atoms with Crippen LogP contribution in [0.4, 0.5) is 0 Å². The van der Waals surface area contributed by atoms with E-state index in [9.17, 15) is 8.42 Å². The van der Waals surface area contributed by atoms with Gasteiger partial charge in [0.2, 0.25) is 10.0 Å². The zero-order valence-electron chi connectivity index (χ0n) is 12.6. The summed E-state index contributed by atoms with van der Waals surface area (Å²) >= 11 is 0. The van der Waals surface area contributed by atoms with Crippen LogP contribution < -0.4 is 4.74 Å². The van der Waals surface area contributed by atoms with Crippen molar-refractivity contribution in [1.82, 2.24) is 9.29 Å². The van der Waals surface area contributed by atoms with E-state index < -0.39 is 10.0 Å². The molecule has 0 spiro atoms. The van der Waals surface area contributed by atoms with E-state index in [1.165, 1.54) is 9.71 Å². The van der Waals surface area contributed by atoms with Crippen molar-refractivity contribution in [2.75, 3.05) is 13.1 Å². The maximum absolute atomic E-state index is 12.4. The second-order valence-electron chi connectivity index (χ2n) is 5.33. The second-order valence-corrected chi connectivity index (χ2v) is 7.15. The Morgan fingerprint density at radius 2 is 1.87 bits per heavy atom. The van der Waals surface area contributed by atoms with Crippen LogP contribution in [0.5, 0.6) is 5.75 Å². The van der Waals surface area contributed by atoms with Crippen molar-refractivity contribution in [1.29, 1.82) is 0 Å². The highest BCUT2D eigenvalue weighted by Crippen LogP contribution is 2.20. The number of nitrogens with zero attached hydrogens (tertiary/aromatic N) is 2. The van der Waals surface area contributed by atoms with Crippen molar-refractivity contribution >= 4 is 16.1 Å². The minimum Gasteiger partial charge on any atom is -0.489 e. The number of sulfonamides is 1. The zero-order chi connectivity index (χ0) is 16.1. The lowest BCUT2D eigenvalue weighted by Crippen LogP contribution is -2.29. The third kappa shape index (κ3) is 4.18. The predicted octanol–water partition coefficient (Wildman–Crippen LogP) is 2.54. The lowest BCUT2D eigenvalue weighted by molar-refractivity contribution is 0.215. The molecule has 1 atom stereocenters. The number of hydrogen-bond donors (Lipinski definition) is 0. The number of pyridine rings is 1. The first kappa shape index (κ1) is 15.7. The summed E-state index contributed by atoms with van der Waals surface area (Å²) < 4.78 is 32.0. The van der Waals surface area contributed by atoms with Crippen LogP contribution in [0.3, 0.4) is 0 Å². The van der Waals surface area contributed by atoms with Gasteiger partial charge in [0.05, 0.1) is 6.54 Å². The van der Waals surface area contributed by atoms with E-state index in [1.807, 2.05) is 30.3 Å². The van der Waals surface area contributed by atoms with Gasteiger partial charge in [-0.1, -0.05) is 30.3 Å². The Kier molecular flexibility index (Phi) is 4.73. The Labute approximate surface area is 136 Å². The molecule has 3 rings (SSSR count). The van der Waals surface area contributed by atoms with Crippen molar-refractivity contribution in [2.24, 2.45) is 0 Å². The standard InChI is InChI=1S/C17H18N2O3S/c20-23(21,13-9-15-4-2-1-3-5-15)19-12-8-17(14-19)22-16-6-10-18-11-7-16/h1-7,9-11,13,17H,8,12,14H2/b13-9+/t17-/m0/s1. The molecule has 1 aliphatic heterocycles. The third-order valence-corrected chi connectivity index (χ3v) is 5.18. The lowest BCUT2D eigenvalue weighted by atomic mass is 10.2. The predicted molar refractivity (Wildman–Crippen MR) is 89.2 cm³/mol. The fourth-order valence-corrected chi connectivity index (χ4v) is 3.68. The Bertz CT molecular complexity index is 761. The van der Waals surface area contributed by atoms with E-state index in [2.05, 4.69) is 4.98 Å². The summed E-state index contributed by atoms with van der Waals surface area (Å²) in [6.07, 6.45) is 5.48. The molecule has 2 heterocycles. The van der Waals surface area contributed by atoms with Gasteiger partial charge in [-0.25, -0.2) is 8.42 Å². The van der Waals surface area contributed by atoms with Crippen molar-refractivity contribution < 1.29 is 13.2 Å². The SMILES string of the molecule is O=S(=O)(/C=C/c1ccccc1)N1CC[C@H](Oc2ccncc2)C1. The summed E-state index contributed by atoms with van der Waals surface area (Å²) in [5.41, 5.74) is 0.861. The Balaban J connectivity index is 1.62. The van der Waals surface area contributed by atoms with Gasteiger partial charge in [-0.2, -0.15) is 4.31 Å². The van der Waals surface area contributed by atoms with E-state index in [-0.39, 0.29) is 6.10 Å². The Hall–Kier alpha value is -2.18. The van der Waals surface area contributed by atoms with Crippen LogP contribution in [0.2, 0.25) is 0 Å². The van der Waals surface area contributed by atoms with Crippen molar-refractivity contribution in [3.8, 4) is 5.75 Å². The van der Waals surface area contributed by atoms with Gasteiger partial charge in [-0.15, -0.1) is 0 Å². The maximum Gasteiger partial charge on any atom is 0.236 e. The maximum atomic E-state index is 12.4. The first-order chi connectivity index (χ1) is 11.1. The number of aromatic nitrogens is 1. The van der Waals surface area contributed by atoms with Crippen molar-refractivity contribution in [3.05, 3.63) is 65.8 Å². The molecule has 0 aliphatic carbocycles. The van der Waals surface area contributed by atoms with E-state index >= 15 is 0 Å². The minimum atomic E-state index is -3.42. The van der Waals surface area contributed by atoms with Gasteiger partial charge in [0.1, 0.15) is 11.9 Å². The number of benzene rings is 1. The summed E-state index contributed by atoms with van der Waals surface area (Å²) in [7, 11) is -3.42. The molecule has 0 saturated carbocycles. The molecular formula is C17H18N2O3S. The smallest absolute Gasteiger partial charge is 0.236 e. The lowest BCUT2D eigenvalue weighted by Gasteiger charge is -2.15. The van der Waals surface area contributed by atoms with Crippen LogP contribution in [0.25, 0.3) is 6.08 Å². The summed E-state index contributed by atoms with van der Waals surface area (Å²) in [4.78, 5) is 3.93. The molecule has 0 radical (unpaired) electrons. The van der Waals surface area contributed by atoms with Crippen LogP contribution in [-0.4, -0.2) is 36.9 Å². The average Bonchev–Trinajstić information content (AvgIpc) is 3.04. The molecule has 5 nitrogen and oxygen atoms in total. The van der Waals surface area contributed by atoms with Crippen LogP contribution in [0.15, 0.2) is 60.3 Å². The number of rotatable bonds is 5. The monoisotopic (exact) mass is 330 g/mol. The van der Waals surface area contributed by atoms with E-state index in [4.69, 9.17) is 4.74 Å². The quantitative estimate of drug-likeness (QED) is 0.845. The normalized spacial score (nSPS) is 19.2. The molecule has 23 heavy (non-hydrogen) atoms. The second kappa shape index (κ2) is 6.93. The molecular weight excluding hydrogens is 312 g/mol.